The van der Waals surface area contributed by atoms with E-state index in [1.165, 1.54) is 0 Å². The van der Waals surface area contributed by atoms with Crippen LogP contribution in [0, 0.1) is 0 Å². The summed E-state index contributed by atoms with van der Waals surface area (Å²) in [5.41, 5.74) is 0.884. The fourth-order valence-electron chi connectivity index (χ4n) is 1.39. The molecule has 5 heteroatoms. The van der Waals surface area contributed by atoms with Gasteiger partial charge in [-0.3, -0.25) is 14.4 Å². The van der Waals surface area contributed by atoms with Crippen LogP contribution in [0.15, 0.2) is 35.2 Å². The van der Waals surface area contributed by atoms with Crippen molar-refractivity contribution in [3.8, 4) is 0 Å². The number of imide groups is 1. The van der Waals surface area contributed by atoms with Crippen LogP contribution in [0.3, 0.4) is 0 Å². The Bertz CT molecular complexity index is 470. The Morgan fingerprint density at radius 2 is 2.00 bits per heavy atom. The molecule has 1 aliphatic rings. The molecule has 17 heavy (non-hydrogen) atoms. The first-order chi connectivity index (χ1) is 8.22. The van der Waals surface area contributed by atoms with Crippen LogP contribution in [0.25, 0.3) is 6.08 Å². The van der Waals surface area contributed by atoms with E-state index in [4.69, 9.17) is 4.84 Å². The van der Waals surface area contributed by atoms with Crippen LogP contribution in [0.2, 0.25) is 0 Å². The SMILES string of the molecule is CCON1C(=O)S/C(=C\c2ccccc2)C1=O. The molecular formula is C12H11NO3S. The third kappa shape index (κ3) is 2.57. The summed E-state index contributed by atoms with van der Waals surface area (Å²) in [6, 6.07) is 9.38. The van der Waals surface area contributed by atoms with Gasteiger partial charge in [0.15, 0.2) is 0 Å². The molecule has 2 rings (SSSR count). The van der Waals surface area contributed by atoms with Gasteiger partial charge in [0.2, 0.25) is 0 Å². The summed E-state index contributed by atoms with van der Waals surface area (Å²) >= 11 is 0.890. The number of benzene rings is 1. The minimum atomic E-state index is -0.397. The van der Waals surface area contributed by atoms with Crippen LogP contribution in [-0.2, 0) is 9.63 Å². The lowest BCUT2D eigenvalue weighted by atomic mass is 10.2. The highest BCUT2D eigenvalue weighted by Crippen LogP contribution is 2.32. The van der Waals surface area contributed by atoms with Crippen LogP contribution in [0.5, 0.6) is 0 Å². The minimum absolute atomic E-state index is 0.288. The molecule has 0 N–H and O–H groups in total. The van der Waals surface area contributed by atoms with Gasteiger partial charge in [-0.05, 0) is 30.3 Å². The molecule has 1 aromatic carbocycles. The standard InChI is InChI=1S/C12H11NO3S/c1-2-16-13-11(14)10(17-12(13)15)8-9-6-4-3-5-7-9/h3-8H,2H2,1H3/b10-8-. The Balaban J connectivity index is 2.22. The molecule has 2 amide bonds. The number of hydroxylamine groups is 2. The first-order valence-corrected chi connectivity index (χ1v) is 6.00. The van der Waals surface area contributed by atoms with Crippen molar-refractivity contribution in [1.82, 2.24) is 5.06 Å². The first kappa shape index (κ1) is 11.9. The second-order valence-electron chi connectivity index (χ2n) is 3.30. The Hall–Kier alpha value is -1.59. The molecule has 1 fully saturated rings. The number of carbonyl (C=O) groups is 2. The second kappa shape index (κ2) is 5.16. The fourth-order valence-corrected chi connectivity index (χ4v) is 2.17. The molecule has 0 radical (unpaired) electrons. The Morgan fingerprint density at radius 1 is 1.29 bits per heavy atom. The summed E-state index contributed by atoms with van der Waals surface area (Å²) in [6.45, 7) is 2.01. The van der Waals surface area contributed by atoms with Crippen molar-refractivity contribution in [3.63, 3.8) is 0 Å². The highest BCUT2D eigenvalue weighted by Gasteiger charge is 2.36. The molecular weight excluding hydrogens is 238 g/mol. The summed E-state index contributed by atoms with van der Waals surface area (Å²) in [5, 5.41) is 0.415. The van der Waals surface area contributed by atoms with Crippen molar-refractivity contribution in [2.24, 2.45) is 0 Å². The van der Waals surface area contributed by atoms with Crippen molar-refractivity contribution in [3.05, 3.63) is 40.8 Å². The van der Waals surface area contributed by atoms with E-state index in [1.807, 2.05) is 30.3 Å². The lowest BCUT2D eigenvalue weighted by Gasteiger charge is -2.09. The lowest BCUT2D eigenvalue weighted by molar-refractivity contribution is -0.157. The molecule has 0 atom stereocenters. The Morgan fingerprint density at radius 3 is 2.65 bits per heavy atom. The molecule has 4 nitrogen and oxygen atoms in total. The van der Waals surface area contributed by atoms with E-state index in [2.05, 4.69) is 0 Å². The zero-order valence-electron chi connectivity index (χ0n) is 9.25. The third-order valence-electron chi connectivity index (χ3n) is 2.11. The van der Waals surface area contributed by atoms with Crippen molar-refractivity contribution in [2.45, 2.75) is 6.92 Å². The average Bonchev–Trinajstić information content (AvgIpc) is 2.59. The van der Waals surface area contributed by atoms with E-state index < -0.39 is 5.91 Å². The zero-order valence-corrected chi connectivity index (χ0v) is 10.1. The van der Waals surface area contributed by atoms with Gasteiger partial charge in [-0.2, -0.15) is 0 Å². The van der Waals surface area contributed by atoms with Gasteiger partial charge in [-0.25, -0.2) is 0 Å². The van der Waals surface area contributed by atoms with E-state index in [1.54, 1.807) is 13.0 Å². The first-order valence-electron chi connectivity index (χ1n) is 5.18. The van der Waals surface area contributed by atoms with Crippen molar-refractivity contribution in [1.29, 1.82) is 0 Å². The zero-order chi connectivity index (χ0) is 12.3. The van der Waals surface area contributed by atoms with Gasteiger partial charge in [0.1, 0.15) is 0 Å². The lowest BCUT2D eigenvalue weighted by Crippen LogP contribution is -2.28. The van der Waals surface area contributed by atoms with E-state index in [9.17, 15) is 9.59 Å². The van der Waals surface area contributed by atoms with E-state index in [0.717, 1.165) is 22.4 Å². The van der Waals surface area contributed by atoms with Crippen LogP contribution >= 0.6 is 11.8 Å². The van der Waals surface area contributed by atoms with Crippen LogP contribution < -0.4 is 0 Å². The number of hydrogen-bond acceptors (Lipinski definition) is 4. The summed E-state index contributed by atoms with van der Waals surface area (Å²) in [5.74, 6) is -0.397. The summed E-state index contributed by atoms with van der Waals surface area (Å²) < 4.78 is 0. The summed E-state index contributed by atoms with van der Waals surface area (Å²) in [6.07, 6.45) is 1.68. The molecule has 0 bridgehead atoms. The predicted molar refractivity (Wildman–Crippen MR) is 65.9 cm³/mol. The Kier molecular flexibility index (Phi) is 3.61. The normalized spacial score (nSPS) is 18.2. The van der Waals surface area contributed by atoms with Gasteiger partial charge in [-0.15, -0.1) is 5.06 Å². The van der Waals surface area contributed by atoms with Gasteiger partial charge in [0.25, 0.3) is 5.91 Å². The van der Waals surface area contributed by atoms with E-state index >= 15 is 0 Å². The number of amides is 2. The topological polar surface area (TPSA) is 46.6 Å². The quantitative estimate of drug-likeness (QED) is 0.773. The van der Waals surface area contributed by atoms with E-state index in [0.29, 0.717) is 4.91 Å². The van der Waals surface area contributed by atoms with Gasteiger partial charge >= 0.3 is 5.24 Å². The summed E-state index contributed by atoms with van der Waals surface area (Å²) in [7, 11) is 0. The maximum Gasteiger partial charge on any atom is 0.317 e. The van der Waals surface area contributed by atoms with E-state index in [-0.39, 0.29) is 11.8 Å². The van der Waals surface area contributed by atoms with Crippen LogP contribution in [0.1, 0.15) is 12.5 Å². The molecule has 1 aromatic rings. The molecule has 0 saturated carbocycles. The minimum Gasteiger partial charge on any atom is -0.266 e. The van der Waals surface area contributed by atoms with Crippen molar-refractivity contribution >= 4 is 29.0 Å². The maximum atomic E-state index is 11.8. The predicted octanol–water partition coefficient (Wildman–Crippen LogP) is 2.67. The number of rotatable bonds is 3. The van der Waals surface area contributed by atoms with Crippen molar-refractivity contribution < 1.29 is 14.4 Å². The van der Waals surface area contributed by atoms with Gasteiger partial charge in [0.05, 0.1) is 11.5 Å². The van der Waals surface area contributed by atoms with Gasteiger partial charge < -0.3 is 0 Å². The van der Waals surface area contributed by atoms with Gasteiger partial charge in [-0.1, -0.05) is 30.3 Å². The molecule has 1 aliphatic heterocycles. The van der Waals surface area contributed by atoms with Crippen LogP contribution in [0.4, 0.5) is 4.79 Å². The number of hydrogen-bond donors (Lipinski definition) is 0. The highest BCUT2D eigenvalue weighted by molar-refractivity contribution is 8.18. The van der Waals surface area contributed by atoms with Gasteiger partial charge in [0, 0.05) is 0 Å². The number of carbonyl (C=O) groups excluding carboxylic acids is 2. The monoisotopic (exact) mass is 249 g/mol. The maximum absolute atomic E-state index is 11.8. The molecule has 1 heterocycles. The summed E-state index contributed by atoms with van der Waals surface area (Å²) in [4.78, 5) is 28.6. The number of thioether (sulfide) groups is 1. The molecule has 1 saturated heterocycles. The molecule has 88 valence electrons. The second-order valence-corrected chi connectivity index (χ2v) is 4.30. The highest BCUT2D eigenvalue weighted by atomic mass is 32.2. The van der Waals surface area contributed by atoms with Crippen molar-refractivity contribution in [2.75, 3.05) is 6.61 Å². The fraction of sp³-hybridized carbons (Fsp3) is 0.167. The molecule has 0 unspecified atom stereocenters. The number of nitrogens with zero attached hydrogens (tertiary/aromatic N) is 1. The third-order valence-corrected chi connectivity index (χ3v) is 2.97. The Labute approximate surface area is 103 Å². The molecule has 0 aliphatic carbocycles. The largest absolute Gasteiger partial charge is 0.317 e. The van der Waals surface area contributed by atoms with Crippen LogP contribution in [-0.4, -0.2) is 22.8 Å². The molecule has 0 aromatic heterocycles. The average molecular weight is 249 g/mol. The smallest absolute Gasteiger partial charge is 0.266 e. The molecule has 0 spiro atoms.